The minimum atomic E-state index is 0.489. The van der Waals surface area contributed by atoms with Gasteiger partial charge in [0.1, 0.15) is 0 Å². The van der Waals surface area contributed by atoms with E-state index in [1.807, 2.05) is 0 Å². The van der Waals surface area contributed by atoms with Gasteiger partial charge in [-0.05, 0) is 62.9 Å². The maximum atomic E-state index is 5.89. The fourth-order valence-electron chi connectivity index (χ4n) is 2.65. The lowest BCUT2D eigenvalue weighted by Crippen LogP contribution is -2.27. The van der Waals surface area contributed by atoms with E-state index in [1.165, 1.54) is 45.2 Å². The van der Waals surface area contributed by atoms with Gasteiger partial charge in [0.15, 0.2) is 0 Å². The first-order valence-corrected chi connectivity index (χ1v) is 6.22. The van der Waals surface area contributed by atoms with Crippen molar-refractivity contribution in [2.24, 2.45) is 23.5 Å². The summed E-state index contributed by atoms with van der Waals surface area (Å²) in [5, 5.41) is 3.61. The first-order valence-electron chi connectivity index (χ1n) is 6.22. The Bertz CT molecular complexity index is 177. The van der Waals surface area contributed by atoms with Gasteiger partial charge in [-0.3, -0.25) is 0 Å². The van der Waals surface area contributed by atoms with E-state index < -0.39 is 0 Å². The third-order valence-electron chi connectivity index (χ3n) is 3.91. The van der Waals surface area contributed by atoms with Gasteiger partial charge in [-0.1, -0.05) is 6.92 Å². The van der Waals surface area contributed by atoms with Crippen LogP contribution in [-0.4, -0.2) is 19.1 Å². The average Bonchev–Trinajstić information content (AvgIpc) is 2.92. The highest BCUT2D eigenvalue weighted by atomic mass is 14.9. The summed E-state index contributed by atoms with van der Waals surface area (Å²) in [6, 6.07) is 0.489. The van der Waals surface area contributed by atoms with Crippen LogP contribution in [0, 0.1) is 17.8 Å². The summed E-state index contributed by atoms with van der Waals surface area (Å²) in [6.45, 7) is 4.80. The molecule has 2 rings (SSSR count). The normalized spacial score (nSPS) is 34.7. The fraction of sp³-hybridized carbons (Fsp3) is 1.00. The second-order valence-corrected chi connectivity index (χ2v) is 5.41. The van der Waals surface area contributed by atoms with Crippen molar-refractivity contribution in [2.45, 2.75) is 45.1 Å². The van der Waals surface area contributed by atoms with Gasteiger partial charge in [0.2, 0.25) is 0 Å². The molecule has 2 saturated carbocycles. The number of rotatable bonds is 5. The molecular formula is C12H24N2. The highest BCUT2D eigenvalue weighted by molar-refractivity contribution is 4.82. The summed E-state index contributed by atoms with van der Waals surface area (Å²) >= 11 is 0. The molecule has 3 unspecified atom stereocenters. The fourth-order valence-corrected chi connectivity index (χ4v) is 2.65. The van der Waals surface area contributed by atoms with Crippen molar-refractivity contribution in [1.82, 2.24) is 5.32 Å². The van der Waals surface area contributed by atoms with Gasteiger partial charge in [0, 0.05) is 6.04 Å². The van der Waals surface area contributed by atoms with Crippen molar-refractivity contribution in [3.05, 3.63) is 0 Å². The smallest absolute Gasteiger partial charge is 0.00420 e. The molecule has 0 aromatic heterocycles. The molecular weight excluding hydrogens is 172 g/mol. The van der Waals surface area contributed by atoms with Gasteiger partial charge in [-0.25, -0.2) is 0 Å². The first kappa shape index (κ1) is 10.4. The minimum absolute atomic E-state index is 0.489. The average molecular weight is 196 g/mol. The van der Waals surface area contributed by atoms with E-state index in [2.05, 4.69) is 12.2 Å². The van der Waals surface area contributed by atoms with Crippen LogP contribution < -0.4 is 11.1 Å². The van der Waals surface area contributed by atoms with Crippen molar-refractivity contribution in [1.29, 1.82) is 0 Å². The van der Waals surface area contributed by atoms with E-state index in [9.17, 15) is 0 Å². The molecule has 0 amide bonds. The zero-order chi connectivity index (χ0) is 9.97. The van der Waals surface area contributed by atoms with Crippen molar-refractivity contribution in [3.8, 4) is 0 Å². The zero-order valence-electron chi connectivity index (χ0n) is 9.34. The second kappa shape index (κ2) is 4.63. The summed E-state index contributed by atoms with van der Waals surface area (Å²) in [5.74, 6) is 2.79. The zero-order valence-corrected chi connectivity index (χ0v) is 9.34. The summed E-state index contributed by atoms with van der Waals surface area (Å²) < 4.78 is 0. The number of hydrogen-bond acceptors (Lipinski definition) is 2. The quantitative estimate of drug-likeness (QED) is 0.703. The maximum absolute atomic E-state index is 5.89. The minimum Gasteiger partial charge on any atom is -0.328 e. The molecule has 0 heterocycles. The van der Waals surface area contributed by atoms with Crippen LogP contribution in [0.15, 0.2) is 0 Å². The van der Waals surface area contributed by atoms with Gasteiger partial charge >= 0.3 is 0 Å². The predicted molar refractivity (Wildman–Crippen MR) is 60.1 cm³/mol. The van der Waals surface area contributed by atoms with Crippen molar-refractivity contribution < 1.29 is 0 Å². The number of nitrogens with two attached hydrogens (primary N) is 1. The van der Waals surface area contributed by atoms with Crippen LogP contribution in [0.4, 0.5) is 0 Å². The Labute approximate surface area is 87.6 Å². The third kappa shape index (κ3) is 2.96. The Morgan fingerprint density at radius 2 is 2.07 bits per heavy atom. The van der Waals surface area contributed by atoms with Crippen molar-refractivity contribution in [3.63, 3.8) is 0 Å². The molecule has 0 radical (unpaired) electrons. The molecule has 2 aliphatic rings. The van der Waals surface area contributed by atoms with Crippen molar-refractivity contribution in [2.75, 3.05) is 13.1 Å². The molecule has 0 aromatic rings. The SMILES string of the molecule is CC(CNCC1CCC(N)C1)C1CC1. The topological polar surface area (TPSA) is 38.0 Å². The molecule has 0 aliphatic heterocycles. The monoisotopic (exact) mass is 196 g/mol. The third-order valence-corrected chi connectivity index (χ3v) is 3.91. The Morgan fingerprint density at radius 1 is 1.29 bits per heavy atom. The molecule has 0 aromatic carbocycles. The maximum Gasteiger partial charge on any atom is 0.00420 e. The van der Waals surface area contributed by atoms with Gasteiger partial charge in [-0.15, -0.1) is 0 Å². The number of hydrogen-bond donors (Lipinski definition) is 2. The van der Waals surface area contributed by atoms with Crippen LogP contribution in [-0.2, 0) is 0 Å². The summed E-state index contributed by atoms with van der Waals surface area (Å²) in [4.78, 5) is 0. The molecule has 2 fully saturated rings. The molecule has 2 nitrogen and oxygen atoms in total. The molecule has 0 spiro atoms. The summed E-state index contributed by atoms with van der Waals surface area (Å²) in [6.07, 6.45) is 6.76. The largest absolute Gasteiger partial charge is 0.328 e. The highest BCUT2D eigenvalue weighted by Gasteiger charge is 2.28. The van der Waals surface area contributed by atoms with E-state index >= 15 is 0 Å². The number of nitrogens with one attached hydrogen (secondary N) is 1. The van der Waals surface area contributed by atoms with Gasteiger partial charge < -0.3 is 11.1 Å². The van der Waals surface area contributed by atoms with E-state index in [0.29, 0.717) is 6.04 Å². The van der Waals surface area contributed by atoms with Crippen LogP contribution >= 0.6 is 0 Å². The molecule has 82 valence electrons. The van der Waals surface area contributed by atoms with E-state index in [4.69, 9.17) is 5.73 Å². The van der Waals surface area contributed by atoms with E-state index in [1.54, 1.807) is 0 Å². The summed E-state index contributed by atoms with van der Waals surface area (Å²) in [5.41, 5.74) is 5.89. The van der Waals surface area contributed by atoms with Crippen LogP contribution in [0.3, 0.4) is 0 Å². The highest BCUT2D eigenvalue weighted by Crippen LogP contribution is 2.36. The molecule has 3 N–H and O–H groups in total. The lowest BCUT2D eigenvalue weighted by molar-refractivity contribution is 0.417. The molecule has 3 atom stereocenters. The lowest BCUT2D eigenvalue weighted by atomic mass is 10.1. The van der Waals surface area contributed by atoms with Gasteiger partial charge in [0.05, 0.1) is 0 Å². The lowest BCUT2D eigenvalue weighted by Gasteiger charge is -2.14. The Kier molecular flexibility index (Phi) is 3.45. The molecule has 14 heavy (non-hydrogen) atoms. The van der Waals surface area contributed by atoms with Crippen LogP contribution in [0.2, 0.25) is 0 Å². The Balaban J connectivity index is 1.54. The second-order valence-electron chi connectivity index (χ2n) is 5.41. The van der Waals surface area contributed by atoms with Crippen LogP contribution in [0.5, 0.6) is 0 Å². The van der Waals surface area contributed by atoms with E-state index in [-0.39, 0.29) is 0 Å². The summed E-state index contributed by atoms with van der Waals surface area (Å²) in [7, 11) is 0. The van der Waals surface area contributed by atoms with E-state index in [0.717, 1.165) is 17.8 Å². The van der Waals surface area contributed by atoms with Crippen molar-refractivity contribution >= 4 is 0 Å². The molecule has 0 saturated heterocycles. The van der Waals surface area contributed by atoms with Crippen LogP contribution in [0.1, 0.15) is 39.0 Å². The van der Waals surface area contributed by atoms with Crippen LogP contribution in [0.25, 0.3) is 0 Å². The molecule has 2 aliphatic carbocycles. The molecule has 2 heteroatoms. The Hall–Kier alpha value is -0.0800. The standard InChI is InChI=1S/C12H24N2/c1-9(11-3-4-11)7-14-8-10-2-5-12(13)6-10/h9-12,14H,2-8,13H2,1H3. The molecule has 0 bridgehead atoms. The van der Waals surface area contributed by atoms with Gasteiger partial charge in [-0.2, -0.15) is 0 Å². The van der Waals surface area contributed by atoms with Gasteiger partial charge in [0.25, 0.3) is 0 Å². The Morgan fingerprint density at radius 3 is 2.64 bits per heavy atom. The first-order chi connectivity index (χ1) is 6.75. The predicted octanol–water partition coefficient (Wildman–Crippen LogP) is 1.75.